The molecular formula is C16H34O4S. The standard InChI is InChI=1S/C16H34O4S/c1-4-5-6-7-8-9-10-11-12-13-16(2)14-15-20-21(17,18)19-3/h16H,4-15H2,1-3H3. The van der Waals surface area contributed by atoms with Gasteiger partial charge in [-0.2, -0.15) is 8.42 Å². The second-order valence-electron chi connectivity index (χ2n) is 5.91. The van der Waals surface area contributed by atoms with Crippen LogP contribution in [0.2, 0.25) is 0 Å². The van der Waals surface area contributed by atoms with Crippen molar-refractivity contribution >= 4 is 10.4 Å². The van der Waals surface area contributed by atoms with Crippen molar-refractivity contribution in [1.82, 2.24) is 0 Å². The Bertz CT molecular complexity index is 314. The maximum Gasteiger partial charge on any atom is 0.399 e. The summed E-state index contributed by atoms with van der Waals surface area (Å²) in [5, 5.41) is 0. The fraction of sp³-hybridized carbons (Fsp3) is 1.00. The molecule has 0 aromatic heterocycles. The van der Waals surface area contributed by atoms with E-state index in [0.717, 1.165) is 20.0 Å². The van der Waals surface area contributed by atoms with Crippen LogP contribution in [0.4, 0.5) is 0 Å². The number of hydrogen-bond acceptors (Lipinski definition) is 4. The fourth-order valence-electron chi connectivity index (χ4n) is 2.35. The minimum atomic E-state index is -3.76. The van der Waals surface area contributed by atoms with E-state index < -0.39 is 10.4 Å². The minimum absolute atomic E-state index is 0.217. The molecule has 0 saturated heterocycles. The average molecular weight is 323 g/mol. The van der Waals surface area contributed by atoms with E-state index in [1.54, 1.807) is 0 Å². The first-order valence-electron chi connectivity index (χ1n) is 8.46. The molecule has 0 radical (unpaired) electrons. The van der Waals surface area contributed by atoms with E-state index in [2.05, 4.69) is 18.0 Å². The van der Waals surface area contributed by atoms with E-state index in [0.29, 0.717) is 5.92 Å². The highest BCUT2D eigenvalue weighted by Crippen LogP contribution is 2.16. The lowest BCUT2D eigenvalue weighted by Crippen LogP contribution is -2.10. The number of unbranched alkanes of at least 4 members (excludes halogenated alkanes) is 8. The van der Waals surface area contributed by atoms with Crippen molar-refractivity contribution in [2.75, 3.05) is 13.7 Å². The molecule has 0 spiro atoms. The van der Waals surface area contributed by atoms with Gasteiger partial charge in [-0.1, -0.05) is 78.1 Å². The fourth-order valence-corrected chi connectivity index (χ4v) is 2.74. The van der Waals surface area contributed by atoms with Crippen molar-refractivity contribution in [2.24, 2.45) is 5.92 Å². The molecule has 0 aromatic carbocycles. The SMILES string of the molecule is CCCCCCCCCCCC(C)CCOS(=O)(=O)OC. The maximum atomic E-state index is 11.0. The summed E-state index contributed by atoms with van der Waals surface area (Å²) in [5.74, 6) is 0.501. The van der Waals surface area contributed by atoms with Crippen LogP contribution in [0, 0.1) is 5.92 Å². The lowest BCUT2D eigenvalue weighted by Gasteiger charge is -2.11. The van der Waals surface area contributed by atoms with Crippen molar-refractivity contribution in [1.29, 1.82) is 0 Å². The third-order valence-corrected chi connectivity index (χ3v) is 4.71. The summed E-state index contributed by atoms with van der Waals surface area (Å²) in [5.41, 5.74) is 0. The van der Waals surface area contributed by atoms with Gasteiger partial charge in [0.2, 0.25) is 0 Å². The van der Waals surface area contributed by atoms with Gasteiger partial charge in [-0.25, -0.2) is 4.18 Å². The zero-order valence-corrected chi connectivity index (χ0v) is 14.9. The summed E-state index contributed by atoms with van der Waals surface area (Å²) in [6, 6.07) is 0. The Morgan fingerprint density at radius 2 is 1.38 bits per heavy atom. The van der Waals surface area contributed by atoms with Gasteiger partial charge in [0.05, 0.1) is 13.7 Å². The minimum Gasteiger partial charge on any atom is -0.252 e. The molecular weight excluding hydrogens is 288 g/mol. The molecule has 0 aliphatic rings. The van der Waals surface area contributed by atoms with E-state index in [1.807, 2.05) is 0 Å². The molecule has 0 N–H and O–H groups in total. The zero-order valence-electron chi connectivity index (χ0n) is 14.1. The highest BCUT2D eigenvalue weighted by molar-refractivity contribution is 7.81. The molecule has 0 heterocycles. The quantitative estimate of drug-likeness (QED) is 0.405. The van der Waals surface area contributed by atoms with Crippen LogP contribution >= 0.6 is 0 Å². The molecule has 128 valence electrons. The van der Waals surface area contributed by atoms with Crippen molar-refractivity contribution in [3.63, 3.8) is 0 Å². The van der Waals surface area contributed by atoms with Gasteiger partial charge in [-0.05, 0) is 12.3 Å². The predicted molar refractivity (Wildman–Crippen MR) is 87.5 cm³/mol. The Morgan fingerprint density at radius 3 is 1.90 bits per heavy atom. The summed E-state index contributed by atoms with van der Waals surface area (Å²) in [6.07, 6.45) is 13.9. The van der Waals surface area contributed by atoms with Gasteiger partial charge in [0.25, 0.3) is 0 Å². The van der Waals surface area contributed by atoms with Gasteiger partial charge in [0, 0.05) is 0 Å². The summed E-state index contributed by atoms with van der Waals surface area (Å²) >= 11 is 0. The Labute approximate surface area is 131 Å². The summed E-state index contributed by atoms with van der Waals surface area (Å²) in [6.45, 7) is 4.61. The topological polar surface area (TPSA) is 52.6 Å². The lowest BCUT2D eigenvalue weighted by molar-refractivity contribution is 0.226. The Morgan fingerprint density at radius 1 is 0.857 bits per heavy atom. The smallest absolute Gasteiger partial charge is 0.252 e. The van der Waals surface area contributed by atoms with Crippen molar-refractivity contribution < 1.29 is 16.8 Å². The van der Waals surface area contributed by atoms with E-state index in [1.165, 1.54) is 57.8 Å². The second-order valence-corrected chi connectivity index (χ2v) is 7.29. The van der Waals surface area contributed by atoms with Gasteiger partial charge in [-0.3, -0.25) is 4.18 Å². The monoisotopic (exact) mass is 322 g/mol. The first-order chi connectivity index (χ1) is 10.0. The maximum absolute atomic E-state index is 11.0. The molecule has 0 amide bonds. The third-order valence-electron chi connectivity index (χ3n) is 3.84. The Kier molecular flexibility index (Phi) is 13.4. The molecule has 1 unspecified atom stereocenters. The van der Waals surface area contributed by atoms with Gasteiger partial charge < -0.3 is 0 Å². The second kappa shape index (κ2) is 13.5. The number of hydrogen-bond donors (Lipinski definition) is 0. The summed E-state index contributed by atoms with van der Waals surface area (Å²) in [4.78, 5) is 0. The summed E-state index contributed by atoms with van der Waals surface area (Å²) < 4.78 is 30.8. The first-order valence-corrected chi connectivity index (χ1v) is 9.80. The molecule has 0 bridgehead atoms. The molecule has 21 heavy (non-hydrogen) atoms. The van der Waals surface area contributed by atoms with E-state index >= 15 is 0 Å². The molecule has 0 aliphatic carbocycles. The zero-order chi connectivity index (χ0) is 16.0. The van der Waals surface area contributed by atoms with Crippen LogP contribution in [0.5, 0.6) is 0 Å². The lowest BCUT2D eigenvalue weighted by atomic mass is 9.99. The molecule has 0 rings (SSSR count). The normalized spacial score (nSPS) is 13.5. The van der Waals surface area contributed by atoms with Crippen molar-refractivity contribution in [3.05, 3.63) is 0 Å². The third kappa shape index (κ3) is 14.6. The summed E-state index contributed by atoms with van der Waals surface area (Å²) in [7, 11) is -2.65. The van der Waals surface area contributed by atoms with Crippen LogP contribution in [-0.4, -0.2) is 22.1 Å². The largest absolute Gasteiger partial charge is 0.399 e. The van der Waals surface area contributed by atoms with Crippen LogP contribution in [-0.2, 0) is 18.8 Å². The van der Waals surface area contributed by atoms with Crippen LogP contribution in [0.15, 0.2) is 0 Å². The molecule has 0 fully saturated rings. The Hall–Kier alpha value is -0.130. The van der Waals surface area contributed by atoms with Gasteiger partial charge >= 0.3 is 10.4 Å². The number of rotatable bonds is 15. The van der Waals surface area contributed by atoms with E-state index in [4.69, 9.17) is 4.18 Å². The van der Waals surface area contributed by atoms with Gasteiger partial charge in [0.1, 0.15) is 0 Å². The van der Waals surface area contributed by atoms with Crippen molar-refractivity contribution in [2.45, 2.75) is 84.5 Å². The highest BCUT2D eigenvalue weighted by Gasteiger charge is 2.10. The average Bonchev–Trinajstić information content (AvgIpc) is 2.45. The molecule has 1 atom stereocenters. The van der Waals surface area contributed by atoms with E-state index in [-0.39, 0.29) is 6.61 Å². The Balaban J connectivity index is 3.32. The van der Waals surface area contributed by atoms with Crippen molar-refractivity contribution in [3.8, 4) is 0 Å². The molecule has 0 saturated carbocycles. The molecule has 0 aliphatic heterocycles. The molecule has 0 aromatic rings. The van der Waals surface area contributed by atoms with E-state index in [9.17, 15) is 8.42 Å². The van der Waals surface area contributed by atoms with Crippen LogP contribution in [0.3, 0.4) is 0 Å². The van der Waals surface area contributed by atoms with Gasteiger partial charge in [-0.15, -0.1) is 0 Å². The highest BCUT2D eigenvalue weighted by atomic mass is 32.3. The van der Waals surface area contributed by atoms with Crippen LogP contribution in [0.1, 0.15) is 84.5 Å². The predicted octanol–water partition coefficient (Wildman–Crippen LogP) is 4.84. The van der Waals surface area contributed by atoms with Crippen LogP contribution < -0.4 is 0 Å². The van der Waals surface area contributed by atoms with Crippen LogP contribution in [0.25, 0.3) is 0 Å². The molecule has 5 heteroatoms. The van der Waals surface area contributed by atoms with Gasteiger partial charge in [0.15, 0.2) is 0 Å². The first kappa shape index (κ1) is 20.9. The molecule has 4 nitrogen and oxygen atoms in total.